The highest BCUT2D eigenvalue weighted by Gasteiger charge is 2.47. The lowest BCUT2D eigenvalue weighted by Gasteiger charge is -2.31. The molecule has 7 aromatic carbocycles. The van der Waals surface area contributed by atoms with E-state index in [1.807, 2.05) is 0 Å². The van der Waals surface area contributed by atoms with E-state index in [9.17, 15) is 0 Å². The molecular weight excluding hydrogens is 657 g/mol. The van der Waals surface area contributed by atoms with E-state index in [1.54, 1.807) is 0 Å². The van der Waals surface area contributed by atoms with Crippen molar-refractivity contribution in [2.75, 3.05) is 0 Å². The maximum absolute atomic E-state index is 2.54. The number of hydrogen-bond acceptors (Lipinski definition) is 0. The van der Waals surface area contributed by atoms with Crippen LogP contribution in [0.3, 0.4) is 0 Å². The third-order valence-electron chi connectivity index (χ3n) is 12.6. The van der Waals surface area contributed by atoms with Crippen molar-refractivity contribution in [3.8, 4) is 44.5 Å². The van der Waals surface area contributed by atoms with Crippen molar-refractivity contribution < 1.29 is 0 Å². The van der Waals surface area contributed by atoms with Crippen LogP contribution < -0.4 is 10.4 Å². The van der Waals surface area contributed by atoms with Gasteiger partial charge in [-0.2, -0.15) is 0 Å². The summed E-state index contributed by atoms with van der Waals surface area (Å²) in [5, 5.41) is 8.41. The number of hydrogen-bond donors (Lipinski definition) is 0. The number of benzene rings is 7. The predicted molar refractivity (Wildman–Crippen MR) is 233 cm³/mol. The second-order valence-corrected chi connectivity index (χ2v) is 28.8. The Morgan fingerprint density at radius 1 is 0.365 bits per heavy atom. The average molecular weight is 707 g/mol. The molecule has 0 fully saturated rings. The van der Waals surface area contributed by atoms with Crippen LogP contribution in [0.4, 0.5) is 0 Å². The zero-order chi connectivity index (χ0) is 36.5. The van der Waals surface area contributed by atoms with Crippen molar-refractivity contribution in [2.24, 2.45) is 0 Å². The molecule has 9 rings (SSSR count). The van der Waals surface area contributed by atoms with Crippen LogP contribution in [0, 0.1) is 0 Å². The van der Waals surface area contributed by atoms with Crippen LogP contribution in [0.5, 0.6) is 0 Å². The Labute approximate surface area is 312 Å². The van der Waals surface area contributed by atoms with Gasteiger partial charge < -0.3 is 0 Å². The van der Waals surface area contributed by atoms with Crippen molar-refractivity contribution in [3.63, 3.8) is 0 Å². The summed E-state index contributed by atoms with van der Waals surface area (Å²) in [6, 6.07) is 47.3. The topological polar surface area (TPSA) is 0 Å². The maximum Gasteiger partial charge on any atom is 0.0775 e. The van der Waals surface area contributed by atoms with Gasteiger partial charge in [-0.1, -0.05) is 187 Å². The van der Waals surface area contributed by atoms with E-state index in [0.29, 0.717) is 0 Å². The average Bonchev–Trinajstić information content (AvgIpc) is 3.49. The number of rotatable bonds is 4. The van der Waals surface area contributed by atoms with Crippen LogP contribution in [0.1, 0.15) is 49.9 Å². The summed E-state index contributed by atoms with van der Waals surface area (Å²) < 4.78 is 0. The van der Waals surface area contributed by atoms with Crippen LogP contribution in [0.15, 0.2) is 121 Å². The van der Waals surface area contributed by atoms with Gasteiger partial charge in [0.2, 0.25) is 0 Å². The Bertz CT molecular complexity index is 2420. The van der Waals surface area contributed by atoms with Crippen LogP contribution in [-0.2, 0) is 10.8 Å². The number of fused-ring (bicyclic) bond motifs is 11. The van der Waals surface area contributed by atoms with E-state index in [1.165, 1.54) is 98.7 Å². The van der Waals surface area contributed by atoms with E-state index < -0.39 is 16.1 Å². The van der Waals surface area contributed by atoms with Crippen molar-refractivity contribution in [3.05, 3.63) is 144 Å². The molecule has 2 aliphatic carbocycles. The molecule has 7 aromatic rings. The molecule has 258 valence electrons. The van der Waals surface area contributed by atoms with Crippen LogP contribution >= 0.6 is 0 Å². The Hall–Kier alpha value is -4.51. The van der Waals surface area contributed by atoms with Gasteiger partial charge in [-0.15, -0.1) is 0 Å². The summed E-state index contributed by atoms with van der Waals surface area (Å²) in [5.41, 5.74) is 16.5. The molecule has 0 saturated carbocycles. The molecule has 0 bridgehead atoms. The highest BCUT2D eigenvalue weighted by molar-refractivity contribution is 6.89. The lowest BCUT2D eigenvalue weighted by molar-refractivity contribution is 0.601. The van der Waals surface area contributed by atoms with E-state index >= 15 is 0 Å². The maximum atomic E-state index is 2.54. The zero-order valence-electron chi connectivity index (χ0n) is 32.5. The summed E-state index contributed by atoms with van der Waals surface area (Å²) in [7, 11) is -2.79. The van der Waals surface area contributed by atoms with E-state index in [-0.39, 0.29) is 10.8 Å². The molecule has 0 unspecified atom stereocenters. The Morgan fingerprint density at radius 2 is 0.692 bits per heavy atom. The first-order valence-electron chi connectivity index (χ1n) is 19.1. The highest BCUT2D eigenvalue weighted by atomic mass is 28.3. The smallest absolute Gasteiger partial charge is 0.0656 e. The van der Waals surface area contributed by atoms with Gasteiger partial charge in [0, 0.05) is 10.8 Å². The standard InChI is InChI=1S/C50H50Si2/c1-49(2)43-29-41(31-19-23-33(24-20-31)51(5,6)7)35-15-11-13-17-37(35)45(43)39-27-28-40-46-38-18-14-12-16-36(38)42(30-44(46)50(3,4)48(40)47(39)49)32-21-25-34(26-22-32)52(8,9)10/h11-30H,1-10H3. The third kappa shape index (κ3) is 4.70. The van der Waals surface area contributed by atoms with Gasteiger partial charge in [-0.25, -0.2) is 0 Å². The molecule has 0 spiro atoms. The summed E-state index contributed by atoms with van der Waals surface area (Å²) in [4.78, 5) is 0. The lowest BCUT2D eigenvalue weighted by Crippen LogP contribution is -2.37. The molecule has 0 aromatic heterocycles. The molecule has 0 aliphatic heterocycles. The minimum Gasteiger partial charge on any atom is -0.0656 e. The second-order valence-electron chi connectivity index (χ2n) is 18.6. The lowest BCUT2D eigenvalue weighted by atomic mass is 9.72. The van der Waals surface area contributed by atoms with Crippen LogP contribution in [0.25, 0.3) is 66.1 Å². The van der Waals surface area contributed by atoms with Crippen molar-refractivity contribution in [1.82, 2.24) is 0 Å². The summed E-state index contributed by atoms with van der Waals surface area (Å²) in [6.45, 7) is 24.5. The van der Waals surface area contributed by atoms with E-state index in [0.717, 1.165) is 0 Å². The van der Waals surface area contributed by atoms with Crippen molar-refractivity contribution in [2.45, 2.75) is 77.8 Å². The van der Waals surface area contributed by atoms with Gasteiger partial charge in [-0.3, -0.25) is 0 Å². The monoisotopic (exact) mass is 706 g/mol. The van der Waals surface area contributed by atoms with E-state index in [2.05, 4.69) is 188 Å². The molecule has 0 amide bonds. The Balaban J connectivity index is 1.27. The Kier molecular flexibility index (Phi) is 7.06. The highest BCUT2D eigenvalue weighted by Crippen LogP contribution is 2.62. The minimum absolute atomic E-state index is 0.169. The molecule has 2 heteroatoms. The van der Waals surface area contributed by atoms with Crippen LogP contribution in [-0.4, -0.2) is 16.1 Å². The second kappa shape index (κ2) is 11.0. The van der Waals surface area contributed by atoms with Gasteiger partial charge >= 0.3 is 0 Å². The molecule has 0 nitrogen and oxygen atoms in total. The van der Waals surface area contributed by atoms with Crippen molar-refractivity contribution >= 4 is 48.1 Å². The summed E-state index contributed by atoms with van der Waals surface area (Å²) >= 11 is 0. The molecule has 0 heterocycles. The first-order chi connectivity index (χ1) is 24.6. The predicted octanol–water partition coefficient (Wildman–Crippen LogP) is 13.0. The molecular formula is C50H50Si2. The molecule has 0 atom stereocenters. The third-order valence-corrected chi connectivity index (χ3v) is 16.7. The summed E-state index contributed by atoms with van der Waals surface area (Å²) in [5.74, 6) is 0. The molecule has 0 radical (unpaired) electrons. The van der Waals surface area contributed by atoms with Gasteiger partial charge in [-0.05, 0) is 100 Å². The summed E-state index contributed by atoms with van der Waals surface area (Å²) in [6.07, 6.45) is 0. The first kappa shape index (κ1) is 33.3. The minimum atomic E-state index is -1.39. The fourth-order valence-corrected chi connectivity index (χ4v) is 12.0. The zero-order valence-corrected chi connectivity index (χ0v) is 34.5. The largest absolute Gasteiger partial charge is 0.0775 e. The van der Waals surface area contributed by atoms with Gasteiger partial charge in [0.25, 0.3) is 0 Å². The van der Waals surface area contributed by atoms with E-state index in [4.69, 9.17) is 0 Å². The molecule has 0 saturated heterocycles. The fraction of sp³-hybridized carbons (Fsp3) is 0.240. The SMILES string of the molecule is CC1(C)c2cc(-c3ccc([Si](C)(C)C)cc3)c3ccccc3c2-c2ccc3c(c21)C(C)(C)c1cc(-c2ccc([Si](C)(C)C)cc2)c2ccccc2c1-3. The van der Waals surface area contributed by atoms with Gasteiger partial charge in [0.05, 0.1) is 16.1 Å². The van der Waals surface area contributed by atoms with Gasteiger partial charge in [0.15, 0.2) is 0 Å². The first-order valence-corrected chi connectivity index (χ1v) is 26.1. The van der Waals surface area contributed by atoms with Gasteiger partial charge in [0.1, 0.15) is 0 Å². The Morgan fingerprint density at radius 3 is 1.02 bits per heavy atom. The molecule has 0 N–H and O–H groups in total. The van der Waals surface area contributed by atoms with Crippen molar-refractivity contribution in [1.29, 1.82) is 0 Å². The normalized spacial score (nSPS) is 15.4. The molecule has 2 aliphatic rings. The quantitative estimate of drug-likeness (QED) is 0.160. The molecule has 52 heavy (non-hydrogen) atoms. The fourth-order valence-electron chi connectivity index (χ4n) is 9.68. The van der Waals surface area contributed by atoms with Crippen LogP contribution in [0.2, 0.25) is 39.3 Å².